The number of carbonyl (C=O) groups is 1. The lowest BCUT2D eigenvalue weighted by atomic mass is 10.2. The summed E-state index contributed by atoms with van der Waals surface area (Å²) < 4.78 is 52.1. The second-order valence-electron chi connectivity index (χ2n) is 7.19. The van der Waals surface area contributed by atoms with Gasteiger partial charge in [0.2, 0.25) is 5.91 Å². The third-order valence-electron chi connectivity index (χ3n) is 5.03. The zero-order chi connectivity index (χ0) is 22.0. The van der Waals surface area contributed by atoms with Crippen LogP contribution in [-0.2, 0) is 30.9 Å². The van der Waals surface area contributed by atoms with E-state index >= 15 is 0 Å². The first kappa shape index (κ1) is 23.1. The average molecular weight is 443 g/mol. The van der Waals surface area contributed by atoms with Crippen LogP contribution in [0.25, 0.3) is 11.3 Å². The number of hydrogen-bond acceptors (Lipinski definition) is 7. The molecule has 0 spiro atoms. The van der Waals surface area contributed by atoms with E-state index in [1.165, 1.54) is 23.2 Å². The van der Waals surface area contributed by atoms with Crippen LogP contribution in [-0.4, -0.2) is 63.5 Å². The van der Waals surface area contributed by atoms with E-state index < -0.39 is 31.0 Å². The molecule has 160 valence electrons. The first-order valence-corrected chi connectivity index (χ1v) is 12.8. The molecule has 0 fully saturated rings. The summed E-state index contributed by atoms with van der Waals surface area (Å²) in [5.74, 6) is 0.642. The van der Waals surface area contributed by atoms with E-state index in [-0.39, 0.29) is 23.6 Å². The van der Waals surface area contributed by atoms with Crippen molar-refractivity contribution in [3.05, 3.63) is 36.4 Å². The number of nitrogens with zero attached hydrogens (tertiary/aromatic N) is 2. The number of aryl methyl sites for hydroxylation is 1. The number of aromatic nitrogens is 1. The van der Waals surface area contributed by atoms with Crippen molar-refractivity contribution in [3.8, 4) is 11.3 Å². The van der Waals surface area contributed by atoms with Gasteiger partial charge in [-0.3, -0.25) is 4.79 Å². The summed E-state index contributed by atoms with van der Waals surface area (Å²) >= 11 is 0. The molecule has 0 saturated heterocycles. The highest BCUT2D eigenvalue weighted by Gasteiger charge is 2.28. The largest absolute Gasteiger partial charge is 0.441 e. The summed E-state index contributed by atoms with van der Waals surface area (Å²) in [7, 11) is -4.94. The molecular formula is C19H26N2O6S2. The van der Waals surface area contributed by atoms with Crippen molar-refractivity contribution in [2.75, 3.05) is 19.6 Å². The molecule has 0 radical (unpaired) electrons. The predicted molar refractivity (Wildman–Crippen MR) is 110 cm³/mol. The molecule has 0 aliphatic carbocycles. The molecule has 1 heterocycles. The minimum Gasteiger partial charge on any atom is -0.441 e. The van der Waals surface area contributed by atoms with Crippen molar-refractivity contribution in [3.63, 3.8) is 0 Å². The number of sulfone groups is 2. The number of benzene rings is 1. The Labute approximate surface area is 171 Å². The normalized spacial score (nSPS) is 14.4. The first-order valence-electron chi connectivity index (χ1n) is 9.00. The van der Waals surface area contributed by atoms with Gasteiger partial charge in [0.1, 0.15) is 0 Å². The van der Waals surface area contributed by atoms with Crippen LogP contribution in [0.5, 0.6) is 0 Å². The Bertz CT molecular complexity index is 1070. The Morgan fingerprint density at radius 3 is 2.21 bits per heavy atom. The lowest BCUT2D eigenvalue weighted by molar-refractivity contribution is -0.131. The Hall–Kier alpha value is -2.20. The van der Waals surface area contributed by atoms with Crippen LogP contribution in [0.1, 0.15) is 26.2 Å². The highest BCUT2D eigenvalue weighted by molar-refractivity contribution is 7.91. The van der Waals surface area contributed by atoms with E-state index in [1.54, 1.807) is 33.0 Å². The van der Waals surface area contributed by atoms with Crippen LogP contribution in [0.3, 0.4) is 0 Å². The summed E-state index contributed by atoms with van der Waals surface area (Å²) in [5.41, 5.74) is 0.676. The van der Waals surface area contributed by atoms with Gasteiger partial charge in [0.15, 0.2) is 31.3 Å². The highest BCUT2D eigenvalue weighted by Crippen LogP contribution is 2.23. The average Bonchev–Trinajstić information content (AvgIpc) is 3.12. The van der Waals surface area contributed by atoms with Crippen LogP contribution in [0.2, 0.25) is 0 Å². The number of amides is 1. The van der Waals surface area contributed by atoms with Gasteiger partial charge in [-0.25, -0.2) is 21.8 Å². The molecule has 0 aliphatic heterocycles. The molecule has 10 heteroatoms. The molecule has 0 N–H and O–H groups in total. The summed E-state index contributed by atoms with van der Waals surface area (Å²) in [6.45, 7) is 3.28. The Morgan fingerprint density at radius 2 is 1.69 bits per heavy atom. The van der Waals surface area contributed by atoms with Crippen LogP contribution in [0, 0.1) is 0 Å². The molecule has 1 aromatic carbocycles. The lowest BCUT2D eigenvalue weighted by Gasteiger charge is -2.28. The van der Waals surface area contributed by atoms with Crippen molar-refractivity contribution in [1.82, 2.24) is 9.88 Å². The second-order valence-corrected chi connectivity index (χ2v) is 11.6. The van der Waals surface area contributed by atoms with Crippen molar-refractivity contribution in [2.45, 2.75) is 42.9 Å². The number of hydrogen-bond donors (Lipinski definition) is 0. The second kappa shape index (κ2) is 8.66. The van der Waals surface area contributed by atoms with Gasteiger partial charge in [-0.15, -0.1) is 0 Å². The van der Waals surface area contributed by atoms with Gasteiger partial charge in [-0.2, -0.15) is 0 Å². The standard InChI is InChI=1S/C19H26N2O6S2/c1-13(14(2)28(4,23)24)21(3)19(22)11-10-18-20-12-17(27-18)15-6-8-16(9-7-15)29(5,25)26/h6-9,12-14H,10-11H2,1-5H3/t13-,14-/m1/s1. The van der Waals surface area contributed by atoms with Gasteiger partial charge < -0.3 is 9.32 Å². The molecule has 0 unspecified atom stereocenters. The Balaban J connectivity index is 2.01. The van der Waals surface area contributed by atoms with Gasteiger partial charge in [0.05, 0.1) is 16.3 Å². The fraction of sp³-hybridized carbons (Fsp3) is 0.474. The first-order chi connectivity index (χ1) is 13.3. The lowest BCUT2D eigenvalue weighted by Crippen LogP contribution is -2.44. The van der Waals surface area contributed by atoms with E-state index in [2.05, 4.69) is 4.98 Å². The summed E-state index contributed by atoms with van der Waals surface area (Å²) in [6.07, 6.45) is 4.21. The van der Waals surface area contributed by atoms with Crippen molar-refractivity contribution in [1.29, 1.82) is 0 Å². The fourth-order valence-electron chi connectivity index (χ4n) is 2.72. The molecule has 0 aliphatic rings. The molecule has 0 bridgehead atoms. The maximum Gasteiger partial charge on any atom is 0.223 e. The van der Waals surface area contributed by atoms with E-state index in [0.29, 0.717) is 17.2 Å². The zero-order valence-corrected chi connectivity index (χ0v) is 18.7. The maximum atomic E-state index is 12.4. The molecular weight excluding hydrogens is 416 g/mol. The van der Waals surface area contributed by atoms with Gasteiger partial charge in [-0.05, 0) is 38.1 Å². The Morgan fingerprint density at radius 1 is 1.10 bits per heavy atom. The van der Waals surface area contributed by atoms with Gasteiger partial charge in [0, 0.05) is 44.0 Å². The van der Waals surface area contributed by atoms with Crippen LogP contribution >= 0.6 is 0 Å². The molecule has 8 nitrogen and oxygen atoms in total. The molecule has 2 aromatic rings. The number of carbonyl (C=O) groups excluding carboxylic acids is 1. The third-order valence-corrected chi connectivity index (χ3v) is 7.91. The number of rotatable bonds is 8. The molecule has 29 heavy (non-hydrogen) atoms. The highest BCUT2D eigenvalue weighted by atomic mass is 32.2. The maximum absolute atomic E-state index is 12.4. The van der Waals surface area contributed by atoms with E-state index in [0.717, 1.165) is 12.5 Å². The molecule has 1 amide bonds. The van der Waals surface area contributed by atoms with E-state index in [1.807, 2.05) is 0 Å². The summed E-state index contributed by atoms with van der Waals surface area (Å²) in [6, 6.07) is 5.80. The minimum absolute atomic E-state index is 0.129. The summed E-state index contributed by atoms with van der Waals surface area (Å²) in [5, 5.41) is -0.667. The molecule has 1 aromatic heterocycles. The SMILES string of the molecule is C[C@H]([C@@H](C)S(C)(=O)=O)N(C)C(=O)CCc1ncc(-c2ccc(S(C)(=O)=O)cc2)o1. The van der Waals surface area contributed by atoms with Crippen LogP contribution < -0.4 is 0 Å². The van der Waals surface area contributed by atoms with Crippen LogP contribution in [0.4, 0.5) is 0 Å². The van der Waals surface area contributed by atoms with Gasteiger partial charge in [0.25, 0.3) is 0 Å². The van der Waals surface area contributed by atoms with E-state index in [9.17, 15) is 21.6 Å². The molecule has 2 rings (SSSR count). The third kappa shape index (κ3) is 5.89. The van der Waals surface area contributed by atoms with Crippen LogP contribution in [0.15, 0.2) is 39.8 Å². The number of oxazole rings is 1. The predicted octanol–water partition coefficient (Wildman–Crippen LogP) is 1.96. The smallest absolute Gasteiger partial charge is 0.223 e. The quantitative estimate of drug-likeness (QED) is 0.614. The van der Waals surface area contributed by atoms with Crippen molar-refractivity contribution in [2.24, 2.45) is 0 Å². The minimum atomic E-state index is -3.27. The topological polar surface area (TPSA) is 115 Å². The molecule has 2 atom stereocenters. The summed E-state index contributed by atoms with van der Waals surface area (Å²) in [4.78, 5) is 18.2. The Kier molecular flexibility index (Phi) is 6.89. The zero-order valence-electron chi connectivity index (χ0n) is 17.1. The van der Waals surface area contributed by atoms with Gasteiger partial charge >= 0.3 is 0 Å². The monoisotopic (exact) mass is 442 g/mol. The van der Waals surface area contributed by atoms with E-state index in [4.69, 9.17) is 4.42 Å². The van der Waals surface area contributed by atoms with Crippen molar-refractivity contribution >= 4 is 25.6 Å². The van der Waals surface area contributed by atoms with Gasteiger partial charge in [-0.1, -0.05) is 0 Å². The fourth-order valence-corrected chi connectivity index (χ4v) is 4.24. The van der Waals surface area contributed by atoms with Crippen molar-refractivity contribution < 1.29 is 26.0 Å². The molecule has 0 saturated carbocycles.